The molecular weight excluding hydrogens is 256 g/mol. The van der Waals surface area contributed by atoms with Gasteiger partial charge in [-0.1, -0.05) is 11.6 Å². The maximum Gasteiger partial charge on any atom is 0.347 e. The van der Waals surface area contributed by atoms with Crippen molar-refractivity contribution in [2.45, 2.75) is 33.0 Å². The highest BCUT2D eigenvalue weighted by Gasteiger charge is 2.18. The number of esters is 1. The molecule has 1 aromatic rings. The van der Waals surface area contributed by atoms with E-state index in [1.165, 1.54) is 0 Å². The molecule has 100 valence electrons. The molecular formula is C13H17ClO4. The van der Waals surface area contributed by atoms with Crippen LogP contribution in [0.3, 0.4) is 0 Å². The number of hydrogen-bond acceptors (Lipinski definition) is 4. The first-order valence-corrected chi connectivity index (χ1v) is 6.14. The van der Waals surface area contributed by atoms with Crippen molar-refractivity contribution in [2.75, 3.05) is 6.61 Å². The second kappa shape index (κ2) is 6.61. The number of carbonyl (C=O) groups is 1. The van der Waals surface area contributed by atoms with E-state index in [-0.39, 0.29) is 0 Å². The monoisotopic (exact) mass is 272 g/mol. The van der Waals surface area contributed by atoms with Crippen LogP contribution < -0.4 is 4.74 Å². The Labute approximate surface area is 111 Å². The second-order valence-electron chi connectivity index (χ2n) is 3.87. The molecule has 1 N–H and O–H groups in total. The van der Waals surface area contributed by atoms with Gasteiger partial charge in [-0.2, -0.15) is 0 Å². The van der Waals surface area contributed by atoms with Crippen LogP contribution in [0.1, 0.15) is 32.4 Å². The van der Waals surface area contributed by atoms with Gasteiger partial charge in [-0.05, 0) is 39.0 Å². The van der Waals surface area contributed by atoms with Crippen molar-refractivity contribution in [3.05, 3.63) is 28.8 Å². The van der Waals surface area contributed by atoms with Gasteiger partial charge in [-0.25, -0.2) is 4.79 Å². The van der Waals surface area contributed by atoms with Crippen LogP contribution in [0.2, 0.25) is 5.02 Å². The zero-order chi connectivity index (χ0) is 13.7. The van der Waals surface area contributed by atoms with Crippen LogP contribution >= 0.6 is 11.6 Å². The molecule has 0 aliphatic heterocycles. The first-order valence-electron chi connectivity index (χ1n) is 5.76. The topological polar surface area (TPSA) is 55.8 Å². The Morgan fingerprint density at radius 1 is 1.44 bits per heavy atom. The molecule has 0 saturated heterocycles. The Balaban J connectivity index is 2.87. The average molecular weight is 273 g/mol. The highest BCUT2D eigenvalue weighted by molar-refractivity contribution is 6.30. The largest absolute Gasteiger partial charge is 0.479 e. The number of aliphatic hydroxyl groups excluding tert-OH is 1. The molecule has 1 aromatic carbocycles. The molecule has 18 heavy (non-hydrogen) atoms. The van der Waals surface area contributed by atoms with Gasteiger partial charge >= 0.3 is 5.97 Å². The molecule has 1 unspecified atom stereocenters. The minimum atomic E-state index is -0.733. The van der Waals surface area contributed by atoms with Gasteiger partial charge in [0.05, 0.1) is 12.7 Å². The Hall–Kier alpha value is -1.26. The number of benzene rings is 1. The van der Waals surface area contributed by atoms with Gasteiger partial charge in [0.15, 0.2) is 6.10 Å². The number of ether oxygens (including phenoxy) is 2. The molecule has 0 amide bonds. The number of halogens is 1. The number of aliphatic hydroxyl groups is 1. The predicted molar refractivity (Wildman–Crippen MR) is 68.8 cm³/mol. The van der Waals surface area contributed by atoms with Crippen molar-refractivity contribution in [3.8, 4) is 5.75 Å². The van der Waals surface area contributed by atoms with E-state index in [4.69, 9.17) is 21.1 Å². The number of hydrogen-bond donors (Lipinski definition) is 1. The maximum atomic E-state index is 11.5. The van der Waals surface area contributed by atoms with Crippen molar-refractivity contribution in [1.82, 2.24) is 0 Å². The van der Waals surface area contributed by atoms with E-state index in [9.17, 15) is 9.90 Å². The smallest absolute Gasteiger partial charge is 0.347 e. The lowest BCUT2D eigenvalue weighted by Crippen LogP contribution is -2.26. The van der Waals surface area contributed by atoms with Gasteiger partial charge in [0.25, 0.3) is 0 Å². The number of rotatable bonds is 5. The number of carbonyl (C=O) groups excluding carboxylic acids is 1. The van der Waals surface area contributed by atoms with Crippen molar-refractivity contribution in [3.63, 3.8) is 0 Å². The van der Waals surface area contributed by atoms with Gasteiger partial charge in [-0.15, -0.1) is 0 Å². The summed E-state index contributed by atoms with van der Waals surface area (Å²) in [5, 5.41) is 10.1. The molecule has 0 radical (unpaired) electrons. The Morgan fingerprint density at radius 3 is 2.67 bits per heavy atom. The first-order chi connectivity index (χ1) is 8.45. The van der Waals surface area contributed by atoms with Crippen LogP contribution in [-0.2, 0) is 9.53 Å². The summed E-state index contributed by atoms with van der Waals surface area (Å²) >= 11 is 5.85. The fourth-order valence-corrected chi connectivity index (χ4v) is 1.63. The van der Waals surface area contributed by atoms with Crippen LogP contribution in [0.5, 0.6) is 5.75 Å². The van der Waals surface area contributed by atoms with E-state index in [0.29, 0.717) is 22.9 Å². The third kappa shape index (κ3) is 3.89. The van der Waals surface area contributed by atoms with Crippen LogP contribution in [0.25, 0.3) is 0 Å². The van der Waals surface area contributed by atoms with Gasteiger partial charge in [0, 0.05) is 10.6 Å². The lowest BCUT2D eigenvalue weighted by atomic mass is 10.1. The van der Waals surface area contributed by atoms with E-state index in [0.717, 1.165) is 0 Å². The van der Waals surface area contributed by atoms with Gasteiger partial charge in [0.1, 0.15) is 5.75 Å². The highest BCUT2D eigenvalue weighted by Crippen LogP contribution is 2.29. The van der Waals surface area contributed by atoms with Crippen molar-refractivity contribution < 1.29 is 19.4 Å². The first kappa shape index (κ1) is 14.8. The molecule has 5 heteroatoms. The minimum Gasteiger partial charge on any atom is -0.479 e. The highest BCUT2D eigenvalue weighted by atomic mass is 35.5. The summed E-state index contributed by atoms with van der Waals surface area (Å²) in [4.78, 5) is 11.5. The Morgan fingerprint density at radius 2 is 2.11 bits per heavy atom. The summed E-state index contributed by atoms with van der Waals surface area (Å²) in [6.07, 6.45) is -1.46. The zero-order valence-electron chi connectivity index (χ0n) is 10.6. The Bertz CT molecular complexity index is 417. The van der Waals surface area contributed by atoms with Crippen molar-refractivity contribution >= 4 is 17.6 Å². The van der Waals surface area contributed by atoms with Crippen LogP contribution in [0.4, 0.5) is 0 Å². The average Bonchev–Trinajstić information content (AvgIpc) is 2.31. The van der Waals surface area contributed by atoms with E-state index in [2.05, 4.69) is 0 Å². The SMILES string of the molecule is CCOC(=O)C(C)Oc1ccc(Cl)cc1[C@H](C)O. The maximum absolute atomic E-state index is 11.5. The fourth-order valence-electron chi connectivity index (χ4n) is 1.45. The quantitative estimate of drug-likeness (QED) is 0.838. The second-order valence-corrected chi connectivity index (χ2v) is 4.31. The molecule has 0 aliphatic rings. The molecule has 0 aliphatic carbocycles. The summed E-state index contributed by atoms with van der Waals surface area (Å²) in [5.74, 6) is -0.0149. The Kier molecular flexibility index (Phi) is 5.44. The molecule has 0 bridgehead atoms. The zero-order valence-corrected chi connectivity index (χ0v) is 11.4. The summed E-state index contributed by atoms with van der Waals surface area (Å²) in [7, 11) is 0. The van der Waals surface area contributed by atoms with Crippen molar-refractivity contribution in [1.29, 1.82) is 0 Å². The fraction of sp³-hybridized carbons (Fsp3) is 0.462. The van der Waals surface area contributed by atoms with Gasteiger partial charge < -0.3 is 14.6 Å². The summed E-state index contributed by atoms with van der Waals surface area (Å²) in [6.45, 7) is 5.23. The van der Waals surface area contributed by atoms with Crippen LogP contribution in [0, 0.1) is 0 Å². The molecule has 2 atom stereocenters. The molecule has 0 fully saturated rings. The lowest BCUT2D eigenvalue weighted by molar-refractivity contribution is -0.150. The molecule has 0 saturated carbocycles. The normalized spacial score (nSPS) is 13.8. The summed E-state index contributed by atoms with van der Waals surface area (Å²) in [5.41, 5.74) is 0.540. The van der Waals surface area contributed by atoms with E-state index in [1.807, 2.05) is 0 Å². The molecule has 0 heterocycles. The molecule has 0 aromatic heterocycles. The molecule has 4 nitrogen and oxygen atoms in total. The standard InChI is InChI=1S/C13H17ClO4/c1-4-17-13(16)9(3)18-12-6-5-10(14)7-11(12)8(2)15/h5-9,15H,4H2,1-3H3/t8-,9?/m0/s1. The molecule has 1 rings (SSSR count). The molecule has 0 spiro atoms. The third-order valence-electron chi connectivity index (χ3n) is 2.34. The van der Waals surface area contributed by atoms with Gasteiger partial charge in [-0.3, -0.25) is 0 Å². The summed E-state index contributed by atoms with van der Waals surface area (Å²) < 4.78 is 10.3. The van der Waals surface area contributed by atoms with Crippen LogP contribution in [-0.4, -0.2) is 23.8 Å². The summed E-state index contributed by atoms with van der Waals surface area (Å²) in [6, 6.07) is 4.88. The van der Waals surface area contributed by atoms with E-state index in [1.54, 1.807) is 39.0 Å². The van der Waals surface area contributed by atoms with Crippen molar-refractivity contribution in [2.24, 2.45) is 0 Å². The lowest BCUT2D eigenvalue weighted by Gasteiger charge is -2.17. The predicted octanol–water partition coefficient (Wildman–Crippen LogP) is 2.72. The third-order valence-corrected chi connectivity index (χ3v) is 2.58. The van der Waals surface area contributed by atoms with Crippen LogP contribution in [0.15, 0.2) is 18.2 Å². The van der Waals surface area contributed by atoms with Gasteiger partial charge in [0.2, 0.25) is 0 Å². The minimum absolute atomic E-state index is 0.302. The van der Waals surface area contributed by atoms with E-state index >= 15 is 0 Å². The van der Waals surface area contributed by atoms with E-state index < -0.39 is 18.2 Å².